The molecule has 0 amide bonds. The number of carbonyl (C=O) groups excluding carboxylic acids is 2. The van der Waals surface area contributed by atoms with Crippen LogP contribution < -0.4 is 60.8 Å². The van der Waals surface area contributed by atoms with Crippen LogP contribution in [0.4, 0.5) is 8.63 Å². The van der Waals surface area contributed by atoms with E-state index in [0.29, 0.717) is 80.7 Å². The Morgan fingerprint density at radius 1 is 0.625 bits per heavy atom. The summed E-state index contributed by atoms with van der Waals surface area (Å²) in [4.78, 5) is 26.4. The van der Waals surface area contributed by atoms with E-state index in [1.807, 2.05) is 109 Å². The molecule has 1 spiro atoms. The molecule has 0 aliphatic carbocycles. The van der Waals surface area contributed by atoms with Gasteiger partial charge in [0.2, 0.25) is 0 Å². The van der Waals surface area contributed by atoms with Crippen LogP contribution in [0, 0.1) is 0 Å². The molecular formula is C64H62B2BrCl10F3KNO6. The van der Waals surface area contributed by atoms with Crippen LogP contribution in [-0.2, 0) is 24.3 Å². The molecule has 0 bridgehead atoms. The van der Waals surface area contributed by atoms with E-state index < -0.39 is 20.0 Å². The van der Waals surface area contributed by atoms with Crippen LogP contribution in [0.25, 0.3) is 30.4 Å². The molecule has 0 saturated carbocycles. The average Bonchev–Trinajstić information content (AvgIpc) is 1.64. The number of piperidine rings is 1. The van der Waals surface area contributed by atoms with Gasteiger partial charge >= 0.3 is 71.7 Å². The topological polar surface area (TPSA) is 74.3 Å². The maximum Gasteiger partial charge on any atom is 1.00 e. The summed E-state index contributed by atoms with van der Waals surface area (Å²) in [6.45, 7) is 17.1. The summed E-state index contributed by atoms with van der Waals surface area (Å²) in [6, 6.07) is 32.6. The molecule has 3 aliphatic rings. The van der Waals surface area contributed by atoms with Gasteiger partial charge in [-0.3, -0.25) is 18.2 Å². The van der Waals surface area contributed by atoms with Crippen molar-refractivity contribution >= 4 is 189 Å². The van der Waals surface area contributed by atoms with Crippen LogP contribution in [0.5, 0.6) is 5.75 Å². The standard InChI is InChI=1S/C27H31Cl2NO3.C14H17BCl2O2.C8H5BCl2F2.C8H5BrCl2.C7H4Cl2O.FH.K/c1-26(2,3)33-25(31)11-14-30-15-12-27(13-16-30)18-32-24-17-19(8-10-21(24)27)7-9-20-22(28)5-4-6-23(20)29;1-13(2)14(3,4)19-15(18-13)9-8-10-11(16)6-5-7-12(10)17;10-7-2-1-3-8(11)6(7)4-5-9(12)13;9-5-4-6-7(10)2-1-3-8(6)11;8-6-2-1-3-7(9)5(6)4-10;;/h4-10,17H,11-16,18H2,1-3H3;5-9H,1-4H3;1-5H;1-5H;1-4H;1H;/q;;;;;;+1/p-1/b9-7+;9-8+;2*5-4+;;;. The van der Waals surface area contributed by atoms with Gasteiger partial charge in [0.25, 0.3) is 0 Å². The zero-order valence-corrected chi connectivity index (χ0v) is 61.6. The third-order valence-electron chi connectivity index (χ3n) is 13.8. The Hall–Kier alpha value is -1.96. The number of rotatable bonds is 11. The molecule has 0 unspecified atom stereocenters. The van der Waals surface area contributed by atoms with E-state index in [4.69, 9.17) is 135 Å². The van der Waals surface area contributed by atoms with Crippen molar-refractivity contribution in [2.75, 3.05) is 26.2 Å². The molecule has 0 radical (unpaired) electrons. The fourth-order valence-corrected chi connectivity index (χ4v) is 11.5. The minimum Gasteiger partial charge on any atom is -1.00 e. The molecule has 3 heterocycles. The Kier molecular flexibility index (Phi) is 34.5. The summed E-state index contributed by atoms with van der Waals surface area (Å²) in [5, 5.41) is 5.32. The van der Waals surface area contributed by atoms with Gasteiger partial charge in [0.05, 0.1) is 39.8 Å². The first-order valence-electron chi connectivity index (χ1n) is 26.8. The second-order valence-corrected chi connectivity index (χ2v) is 26.2. The van der Waals surface area contributed by atoms with E-state index in [1.165, 1.54) is 11.6 Å². The van der Waals surface area contributed by atoms with Gasteiger partial charge in [0.15, 0.2) is 6.29 Å². The minimum absolute atomic E-state index is 0. The van der Waals surface area contributed by atoms with E-state index in [0.717, 1.165) is 66.5 Å². The van der Waals surface area contributed by atoms with Gasteiger partial charge in [0.1, 0.15) is 11.4 Å². The van der Waals surface area contributed by atoms with Crippen LogP contribution in [0.3, 0.4) is 0 Å². The molecule has 464 valence electrons. The Labute approximate surface area is 616 Å². The number of esters is 1. The third-order valence-corrected chi connectivity index (χ3v) is 17.4. The van der Waals surface area contributed by atoms with Gasteiger partial charge in [-0.1, -0.05) is 205 Å². The van der Waals surface area contributed by atoms with E-state index in [1.54, 1.807) is 65.6 Å². The monoisotopic (exact) mass is 1490 g/mol. The van der Waals surface area contributed by atoms with Crippen molar-refractivity contribution in [1.82, 2.24) is 4.90 Å². The largest absolute Gasteiger partial charge is 1.00 e. The molecule has 7 nitrogen and oxygen atoms in total. The molecule has 0 N–H and O–H groups in total. The minimum atomic E-state index is -2.49. The van der Waals surface area contributed by atoms with Crippen molar-refractivity contribution in [1.29, 1.82) is 0 Å². The smallest absolute Gasteiger partial charge is 1.00 e. The SMILES string of the molecule is CC(C)(C)OC(=O)CCN1CCC2(CC1)COc1cc(/C=C/c3c(Cl)cccc3Cl)ccc12.CC1(C)OB(/C=C/c2c(Cl)cccc2Cl)OC1(C)C.Clc1cccc(Cl)c1/C=C/Br.FB(F)/C=C/c1c(Cl)cccc1Cl.O=Cc1c(Cl)cccc1Cl.[F-].[K+]. The van der Waals surface area contributed by atoms with Crippen molar-refractivity contribution < 1.29 is 93.1 Å². The average molecular weight is 1490 g/mol. The van der Waals surface area contributed by atoms with Gasteiger partial charge < -0.3 is 28.4 Å². The molecule has 9 rings (SSSR count). The summed E-state index contributed by atoms with van der Waals surface area (Å²) >= 11 is 62.3. The molecule has 2 saturated heterocycles. The van der Waals surface area contributed by atoms with Crippen LogP contribution in [0.1, 0.15) is 111 Å². The fraction of sp³-hybridized carbons (Fsp3) is 0.281. The first kappa shape index (κ1) is 80.3. The zero-order valence-electron chi connectivity index (χ0n) is 49.4. The van der Waals surface area contributed by atoms with Crippen molar-refractivity contribution in [3.63, 3.8) is 0 Å². The maximum absolute atomic E-state index is 12.0. The predicted octanol–water partition coefficient (Wildman–Crippen LogP) is 16.4. The zero-order chi connectivity index (χ0) is 63.6. The molecule has 6 aromatic carbocycles. The Balaban J connectivity index is 0.000000312. The molecule has 0 atom stereocenters. The van der Waals surface area contributed by atoms with Crippen LogP contribution in [0.15, 0.2) is 126 Å². The number of benzene rings is 6. The van der Waals surface area contributed by atoms with Crippen molar-refractivity contribution in [3.8, 4) is 5.75 Å². The molecule has 0 aromatic heterocycles. The van der Waals surface area contributed by atoms with Gasteiger partial charge in [-0.15, -0.1) is 0 Å². The first-order chi connectivity index (χ1) is 40.5. The molecule has 24 heteroatoms. The normalized spacial score (nSPS) is 15.3. The van der Waals surface area contributed by atoms with Crippen LogP contribution >= 0.6 is 132 Å². The summed E-state index contributed by atoms with van der Waals surface area (Å²) in [7, 11) is -2.88. The van der Waals surface area contributed by atoms with Crippen LogP contribution in [0.2, 0.25) is 50.2 Å². The Bertz CT molecular complexity index is 3300. The number of nitrogens with zero attached hydrogens (tertiary/aromatic N) is 1. The van der Waals surface area contributed by atoms with E-state index in [-0.39, 0.29) is 78.7 Å². The fourth-order valence-electron chi connectivity index (χ4n) is 8.61. The van der Waals surface area contributed by atoms with Crippen LogP contribution in [-0.4, -0.2) is 74.6 Å². The molecule has 88 heavy (non-hydrogen) atoms. The van der Waals surface area contributed by atoms with Crippen molar-refractivity contribution in [2.24, 2.45) is 0 Å². The van der Waals surface area contributed by atoms with Gasteiger partial charge in [-0.05, 0) is 164 Å². The van der Waals surface area contributed by atoms with Gasteiger partial charge in [-0.2, -0.15) is 0 Å². The number of likely N-dealkylation sites (tertiary alicyclic amines) is 1. The second-order valence-electron chi connectivity index (χ2n) is 21.6. The summed E-state index contributed by atoms with van der Waals surface area (Å²) in [5.74, 6) is 3.41. The summed E-state index contributed by atoms with van der Waals surface area (Å²) in [6.07, 6.45) is 12.0. The number of hydrogen-bond donors (Lipinski definition) is 0. The molecule has 3 aliphatic heterocycles. The van der Waals surface area contributed by atoms with Gasteiger partial charge in [0, 0.05) is 80.0 Å². The maximum atomic E-state index is 12.0. The van der Waals surface area contributed by atoms with Gasteiger partial charge in [-0.25, -0.2) is 0 Å². The van der Waals surface area contributed by atoms with E-state index in [9.17, 15) is 18.2 Å². The first-order valence-corrected chi connectivity index (χ1v) is 31.5. The predicted molar refractivity (Wildman–Crippen MR) is 366 cm³/mol. The molecular weight excluding hydrogens is 1430 g/mol. The number of aldehydes is 1. The Morgan fingerprint density at radius 2 is 1.02 bits per heavy atom. The molecule has 6 aromatic rings. The number of ether oxygens (including phenoxy) is 2. The number of halogens is 14. The molecule has 2 fully saturated rings. The van der Waals surface area contributed by atoms with Crippen molar-refractivity contribution in [2.45, 2.75) is 89.9 Å². The number of fused-ring (bicyclic) bond motifs is 2. The van der Waals surface area contributed by atoms with Crippen molar-refractivity contribution in [3.05, 3.63) is 215 Å². The number of carbonyl (C=O) groups is 2. The second kappa shape index (κ2) is 37.8. The third kappa shape index (κ3) is 24.4. The summed E-state index contributed by atoms with van der Waals surface area (Å²) in [5.41, 5.74) is 4.51. The Morgan fingerprint density at radius 3 is 1.41 bits per heavy atom. The quantitative estimate of drug-likeness (QED) is 0.0554. The summed E-state index contributed by atoms with van der Waals surface area (Å²) < 4.78 is 46.9. The number of hydrogen-bond acceptors (Lipinski definition) is 7. The van der Waals surface area contributed by atoms with E-state index >= 15 is 0 Å². The van der Waals surface area contributed by atoms with E-state index in [2.05, 4.69) is 39.0 Å².